The van der Waals surface area contributed by atoms with E-state index in [0.717, 1.165) is 10.9 Å². The molecule has 110 valence electrons. The SMILES string of the molecule is CCN(CC(=O)OC)c1nc2ccccc2cc1C(N)=S. The summed E-state index contributed by atoms with van der Waals surface area (Å²) in [7, 11) is 1.36. The van der Waals surface area contributed by atoms with E-state index in [2.05, 4.69) is 4.98 Å². The number of hydrogen-bond donors (Lipinski definition) is 1. The van der Waals surface area contributed by atoms with E-state index in [1.807, 2.05) is 37.3 Å². The highest BCUT2D eigenvalue weighted by Gasteiger charge is 2.17. The highest BCUT2D eigenvalue weighted by molar-refractivity contribution is 7.80. The molecule has 2 rings (SSSR count). The average molecular weight is 303 g/mol. The molecule has 0 fully saturated rings. The highest BCUT2D eigenvalue weighted by Crippen LogP contribution is 2.23. The van der Waals surface area contributed by atoms with Crippen LogP contribution in [0.1, 0.15) is 12.5 Å². The third kappa shape index (κ3) is 3.28. The van der Waals surface area contributed by atoms with Gasteiger partial charge in [0.2, 0.25) is 0 Å². The third-order valence-corrected chi connectivity index (χ3v) is 3.42. The molecule has 1 heterocycles. The van der Waals surface area contributed by atoms with Crippen LogP contribution in [0.5, 0.6) is 0 Å². The van der Waals surface area contributed by atoms with Crippen molar-refractivity contribution in [1.82, 2.24) is 4.98 Å². The van der Waals surface area contributed by atoms with E-state index in [9.17, 15) is 4.79 Å². The molecule has 0 saturated heterocycles. The Labute approximate surface area is 128 Å². The maximum atomic E-state index is 11.5. The minimum absolute atomic E-state index is 0.105. The van der Waals surface area contributed by atoms with Gasteiger partial charge in [-0.25, -0.2) is 4.98 Å². The summed E-state index contributed by atoms with van der Waals surface area (Å²) in [5, 5.41) is 0.957. The van der Waals surface area contributed by atoms with E-state index in [-0.39, 0.29) is 17.5 Å². The Kier molecular flexibility index (Phi) is 4.70. The van der Waals surface area contributed by atoms with E-state index in [0.29, 0.717) is 17.9 Å². The molecule has 0 spiro atoms. The second kappa shape index (κ2) is 6.49. The summed E-state index contributed by atoms with van der Waals surface area (Å²) in [4.78, 5) is 18.2. The van der Waals surface area contributed by atoms with Gasteiger partial charge >= 0.3 is 5.97 Å². The number of rotatable bonds is 5. The van der Waals surface area contributed by atoms with Crippen molar-refractivity contribution in [3.8, 4) is 0 Å². The molecule has 0 aliphatic rings. The number of carbonyl (C=O) groups is 1. The van der Waals surface area contributed by atoms with Crippen LogP contribution in [0.15, 0.2) is 30.3 Å². The Morgan fingerprint density at radius 1 is 1.43 bits per heavy atom. The molecule has 21 heavy (non-hydrogen) atoms. The van der Waals surface area contributed by atoms with E-state index >= 15 is 0 Å². The van der Waals surface area contributed by atoms with E-state index in [4.69, 9.17) is 22.7 Å². The van der Waals surface area contributed by atoms with Crippen molar-refractivity contribution in [2.24, 2.45) is 5.73 Å². The fourth-order valence-electron chi connectivity index (χ4n) is 2.08. The van der Waals surface area contributed by atoms with Gasteiger partial charge in [-0.05, 0) is 19.1 Å². The molecule has 0 aliphatic carbocycles. The van der Waals surface area contributed by atoms with Crippen molar-refractivity contribution in [1.29, 1.82) is 0 Å². The molecule has 1 aromatic carbocycles. The Morgan fingerprint density at radius 2 is 2.14 bits per heavy atom. The summed E-state index contributed by atoms with van der Waals surface area (Å²) in [5.41, 5.74) is 7.30. The lowest BCUT2D eigenvalue weighted by molar-refractivity contribution is -0.138. The van der Waals surface area contributed by atoms with Crippen LogP contribution in [0.3, 0.4) is 0 Å². The number of methoxy groups -OCH3 is 1. The number of nitrogens with zero attached hydrogens (tertiary/aromatic N) is 2. The standard InChI is InChI=1S/C15H17N3O2S/c1-3-18(9-13(19)20-2)15-11(14(16)21)8-10-6-4-5-7-12(10)17-15/h4-8H,3,9H2,1-2H3,(H2,16,21). The first-order chi connectivity index (χ1) is 10.1. The zero-order valence-corrected chi connectivity index (χ0v) is 12.8. The number of esters is 1. The summed E-state index contributed by atoms with van der Waals surface area (Å²) in [6, 6.07) is 9.60. The van der Waals surface area contributed by atoms with Crippen LogP contribution < -0.4 is 10.6 Å². The first-order valence-corrected chi connectivity index (χ1v) is 6.99. The Balaban J connectivity index is 2.55. The van der Waals surface area contributed by atoms with Crippen LogP contribution >= 0.6 is 12.2 Å². The number of para-hydroxylation sites is 1. The summed E-state index contributed by atoms with van der Waals surface area (Å²) in [6.45, 7) is 2.63. The summed E-state index contributed by atoms with van der Waals surface area (Å²) < 4.78 is 4.72. The van der Waals surface area contributed by atoms with Crippen molar-refractivity contribution in [3.63, 3.8) is 0 Å². The summed E-state index contributed by atoms with van der Waals surface area (Å²) in [6.07, 6.45) is 0. The number of likely N-dealkylation sites (N-methyl/N-ethyl adjacent to an activating group) is 1. The molecule has 1 aromatic heterocycles. The van der Waals surface area contributed by atoms with Gasteiger partial charge in [-0.15, -0.1) is 0 Å². The number of thiocarbonyl (C=S) groups is 1. The minimum atomic E-state index is -0.333. The van der Waals surface area contributed by atoms with Crippen LogP contribution in [-0.4, -0.2) is 36.1 Å². The van der Waals surface area contributed by atoms with E-state index < -0.39 is 0 Å². The average Bonchev–Trinajstić information content (AvgIpc) is 2.50. The fourth-order valence-corrected chi connectivity index (χ4v) is 2.24. The molecular weight excluding hydrogens is 286 g/mol. The number of benzene rings is 1. The van der Waals surface area contributed by atoms with Crippen molar-refractivity contribution >= 4 is 39.9 Å². The zero-order chi connectivity index (χ0) is 15.4. The number of ether oxygens (including phenoxy) is 1. The third-order valence-electron chi connectivity index (χ3n) is 3.20. The van der Waals surface area contributed by atoms with Gasteiger partial charge in [0.1, 0.15) is 17.4 Å². The molecule has 0 bridgehead atoms. The lowest BCUT2D eigenvalue weighted by atomic mass is 10.1. The van der Waals surface area contributed by atoms with Gasteiger partial charge in [0.25, 0.3) is 0 Å². The Bertz CT molecular complexity index is 688. The first-order valence-electron chi connectivity index (χ1n) is 6.58. The zero-order valence-electron chi connectivity index (χ0n) is 12.0. The molecule has 0 saturated carbocycles. The largest absolute Gasteiger partial charge is 0.468 e. The monoisotopic (exact) mass is 303 g/mol. The quantitative estimate of drug-likeness (QED) is 0.672. The molecule has 2 aromatic rings. The molecule has 0 atom stereocenters. The molecule has 0 amide bonds. The van der Waals surface area contributed by atoms with Gasteiger partial charge in [-0.3, -0.25) is 4.79 Å². The molecule has 0 unspecified atom stereocenters. The maximum Gasteiger partial charge on any atom is 0.325 e. The second-order valence-electron chi connectivity index (χ2n) is 4.51. The number of fused-ring (bicyclic) bond motifs is 1. The van der Waals surface area contributed by atoms with Crippen molar-refractivity contribution in [3.05, 3.63) is 35.9 Å². The number of nitrogens with two attached hydrogens (primary N) is 1. The second-order valence-corrected chi connectivity index (χ2v) is 4.95. The van der Waals surface area contributed by atoms with Gasteiger partial charge in [-0.1, -0.05) is 30.4 Å². The molecule has 0 aliphatic heterocycles. The number of anilines is 1. The van der Waals surface area contributed by atoms with Crippen molar-refractivity contribution in [2.45, 2.75) is 6.92 Å². The molecule has 5 nitrogen and oxygen atoms in total. The maximum absolute atomic E-state index is 11.5. The Morgan fingerprint density at radius 3 is 2.76 bits per heavy atom. The first kappa shape index (κ1) is 15.2. The minimum Gasteiger partial charge on any atom is -0.468 e. The molecule has 0 radical (unpaired) electrons. The van der Waals surface area contributed by atoms with Crippen LogP contribution in [-0.2, 0) is 9.53 Å². The smallest absolute Gasteiger partial charge is 0.325 e. The highest BCUT2D eigenvalue weighted by atomic mass is 32.1. The predicted molar refractivity (Wildman–Crippen MR) is 87.5 cm³/mol. The van der Waals surface area contributed by atoms with Crippen molar-refractivity contribution < 1.29 is 9.53 Å². The fraction of sp³-hybridized carbons (Fsp3) is 0.267. The van der Waals surface area contributed by atoms with Gasteiger partial charge in [0, 0.05) is 11.9 Å². The van der Waals surface area contributed by atoms with Gasteiger partial charge < -0.3 is 15.4 Å². The number of carbonyl (C=O) groups excluding carboxylic acids is 1. The van der Waals surface area contributed by atoms with Crippen LogP contribution in [0.2, 0.25) is 0 Å². The van der Waals surface area contributed by atoms with Gasteiger partial charge in [0.05, 0.1) is 18.2 Å². The lowest BCUT2D eigenvalue weighted by Gasteiger charge is -2.23. The van der Waals surface area contributed by atoms with Crippen LogP contribution in [0.4, 0.5) is 5.82 Å². The summed E-state index contributed by atoms with van der Waals surface area (Å²) >= 11 is 5.12. The number of hydrogen-bond acceptors (Lipinski definition) is 5. The molecule has 6 heteroatoms. The van der Waals surface area contributed by atoms with Crippen LogP contribution in [0, 0.1) is 0 Å². The summed E-state index contributed by atoms with van der Waals surface area (Å²) in [5.74, 6) is 0.273. The molecular formula is C15H17N3O2S. The normalized spacial score (nSPS) is 10.4. The van der Waals surface area contributed by atoms with Gasteiger partial charge in [0.15, 0.2) is 0 Å². The van der Waals surface area contributed by atoms with Crippen molar-refractivity contribution in [2.75, 3.05) is 25.1 Å². The van der Waals surface area contributed by atoms with Crippen LogP contribution in [0.25, 0.3) is 10.9 Å². The van der Waals surface area contributed by atoms with Gasteiger partial charge in [-0.2, -0.15) is 0 Å². The van der Waals surface area contributed by atoms with E-state index in [1.165, 1.54) is 7.11 Å². The van der Waals surface area contributed by atoms with E-state index in [1.54, 1.807) is 4.90 Å². The Hall–Kier alpha value is -2.21. The number of pyridine rings is 1. The molecule has 2 N–H and O–H groups in total. The topological polar surface area (TPSA) is 68.5 Å². The number of aromatic nitrogens is 1. The lowest BCUT2D eigenvalue weighted by Crippen LogP contribution is -2.33. The predicted octanol–water partition coefficient (Wildman–Crippen LogP) is 1.87.